The van der Waals surface area contributed by atoms with Gasteiger partial charge in [-0.15, -0.1) is 0 Å². The van der Waals surface area contributed by atoms with Gasteiger partial charge in [0.15, 0.2) is 0 Å². The Balaban J connectivity index is 2.59. The standard InChI is InChI=1S/C12H23O4Si/c1-12(2,3)10-6-9(13)8(11(14)16-10)7-15-17(4)5/h8-10,13H,6-7H2,1-5H3. The highest BCUT2D eigenvalue weighted by Gasteiger charge is 2.42. The van der Waals surface area contributed by atoms with Crippen LogP contribution in [0.3, 0.4) is 0 Å². The van der Waals surface area contributed by atoms with Crippen LogP contribution in [-0.2, 0) is 14.0 Å². The summed E-state index contributed by atoms with van der Waals surface area (Å²) < 4.78 is 10.9. The third kappa shape index (κ3) is 4.08. The highest BCUT2D eigenvalue weighted by atomic mass is 28.3. The number of carbonyl (C=O) groups is 1. The summed E-state index contributed by atoms with van der Waals surface area (Å²) in [4.78, 5) is 11.8. The summed E-state index contributed by atoms with van der Waals surface area (Å²) in [5.41, 5.74) is -0.132. The minimum atomic E-state index is -0.840. The predicted molar refractivity (Wildman–Crippen MR) is 66.9 cm³/mol. The smallest absolute Gasteiger partial charge is 0.314 e. The Morgan fingerprint density at radius 2 is 2.06 bits per heavy atom. The lowest BCUT2D eigenvalue weighted by atomic mass is 9.81. The fourth-order valence-corrected chi connectivity index (χ4v) is 2.30. The van der Waals surface area contributed by atoms with Gasteiger partial charge in [0.2, 0.25) is 9.04 Å². The molecule has 17 heavy (non-hydrogen) atoms. The van der Waals surface area contributed by atoms with E-state index in [0.29, 0.717) is 6.42 Å². The van der Waals surface area contributed by atoms with E-state index in [1.807, 2.05) is 33.9 Å². The molecule has 1 N–H and O–H groups in total. The Morgan fingerprint density at radius 1 is 1.47 bits per heavy atom. The molecule has 1 radical (unpaired) electrons. The Morgan fingerprint density at radius 3 is 2.47 bits per heavy atom. The first-order valence-electron chi connectivity index (χ1n) is 6.03. The molecule has 0 spiro atoms. The molecule has 4 nitrogen and oxygen atoms in total. The maximum absolute atomic E-state index is 11.8. The molecule has 0 aliphatic carbocycles. The number of ether oxygens (including phenoxy) is 1. The first kappa shape index (κ1) is 14.7. The van der Waals surface area contributed by atoms with Crippen LogP contribution < -0.4 is 0 Å². The average molecular weight is 259 g/mol. The number of carbonyl (C=O) groups excluding carboxylic acids is 1. The number of aliphatic hydroxyl groups excluding tert-OH is 1. The largest absolute Gasteiger partial charge is 0.461 e. The van der Waals surface area contributed by atoms with Crippen LogP contribution in [0.1, 0.15) is 27.2 Å². The van der Waals surface area contributed by atoms with E-state index in [4.69, 9.17) is 9.16 Å². The molecule has 1 aliphatic heterocycles. The normalized spacial score (nSPS) is 30.5. The van der Waals surface area contributed by atoms with E-state index < -0.39 is 21.1 Å². The second-order valence-electron chi connectivity index (χ2n) is 5.92. The topological polar surface area (TPSA) is 55.8 Å². The molecule has 3 atom stereocenters. The molecule has 0 aromatic heterocycles. The molecule has 3 unspecified atom stereocenters. The number of cyclic esters (lactones) is 1. The summed E-state index contributed by atoms with van der Waals surface area (Å²) >= 11 is 0. The fourth-order valence-electron chi connectivity index (χ4n) is 1.78. The quantitative estimate of drug-likeness (QED) is 0.618. The van der Waals surface area contributed by atoms with Gasteiger partial charge in [-0.3, -0.25) is 4.79 Å². The molecule has 1 heterocycles. The number of rotatable bonds is 3. The first-order chi connectivity index (χ1) is 7.71. The van der Waals surface area contributed by atoms with E-state index in [9.17, 15) is 9.90 Å². The van der Waals surface area contributed by atoms with Gasteiger partial charge in [0.05, 0.1) is 6.10 Å². The molecule has 1 saturated heterocycles. The second kappa shape index (κ2) is 5.50. The number of hydrogen-bond acceptors (Lipinski definition) is 4. The number of esters is 1. The van der Waals surface area contributed by atoms with Gasteiger partial charge in [0, 0.05) is 13.0 Å². The molecular weight excluding hydrogens is 236 g/mol. The van der Waals surface area contributed by atoms with Crippen LogP contribution in [0.4, 0.5) is 0 Å². The van der Waals surface area contributed by atoms with Crippen molar-refractivity contribution in [2.45, 2.75) is 52.5 Å². The maximum Gasteiger partial charge on any atom is 0.314 e. The van der Waals surface area contributed by atoms with Gasteiger partial charge in [0.1, 0.15) is 12.0 Å². The minimum absolute atomic E-state index is 0.132. The van der Waals surface area contributed by atoms with Crippen molar-refractivity contribution in [2.24, 2.45) is 11.3 Å². The zero-order chi connectivity index (χ0) is 13.2. The van der Waals surface area contributed by atoms with Crippen LogP contribution in [-0.4, -0.2) is 38.9 Å². The van der Waals surface area contributed by atoms with Crippen LogP contribution in [0.5, 0.6) is 0 Å². The zero-order valence-corrected chi connectivity index (χ0v) is 12.3. The van der Waals surface area contributed by atoms with Crippen molar-refractivity contribution in [3.8, 4) is 0 Å². The van der Waals surface area contributed by atoms with Crippen molar-refractivity contribution in [1.82, 2.24) is 0 Å². The zero-order valence-electron chi connectivity index (χ0n) is 11.3. The molecule has 1 aliphatic rings. The SMILES string of the molecule is C[Si](C)OCC1C(=O)OC(C(C)(C)C)CC1O. The molecule has 0 saturated carbocycles. The Kier molecular flexibility index (Phi) is 4.74. The van der Waals surface area contributed by atoms with E-state index in [2.05, 4.69) is 0 Å². The lowest BCUT2D eigenvalue weighted by Crippen LogP contribution is -2.48. The highest BCUT2D eigenvalue weighted by Crippen LogP contribution is 2.32. The summed E-state index contributed by atoms with van der Waals surface area (Å²) in [5, 5.41) is 10.0. The Labute approximate surface area is 105 Å². The summed E-state index contributed by atoms with van der Waals surface area (Å²) in [5.74, 6) is -0.847. The van der Waals surface area contributed by atoms with Crippen molar-refractivity contribution < 1.29 is 19.1 Å². The Bertz CT molecular complexity index is 272. The van der Waals surface area contributed by atoms with E-state index in [1.54, 1.807) is 0 Å². The van der Waals surface area contributed by atoms with Crippen LogP contribution >= 0.6 is 0 Å². The van der Waals surface area contributed by atoms with E-state index in [1.165, 1.54) is 0 Å². The molecular formula is C12H23O4Si. The van der Waals surface area contributed by atoms with Crippen LogP contribution in [0.25, 0.3) is 0 Å². The van der Waals surface area contributed by atoms with Crippen LogP contribution in [0, 0.1) is 11.3 Å². The third-order valence-corrected chi connectivity index (χ3v) is 3.74. The lowest BCUT2D eigenvalue weighted by Gasteiger charge is -2.38. The molecule has 0 bridgehead atoms. The number of hydrogen-bond donors (Lipinski definition) is 1. The van der Waals surface area contributed by atoms with E-state index in [-0.39, 0.29) is 24.1 Å². The van der Waals surface area contributed by atoms with Gasteiger partial charge in [-0.2, -0.15) is 0 Å². The monoisotopic (exact) mass is 259 g/mol. The van der Waals surface area contributed by atoms with Crippen molar-refractivity contribution in [2.75, 3.05) is 6.61 Å². The molecule has 0 aromatic carbocycles. The third-order valence-electron chi connectivity index (χ3n) is 3.00. The van der Waals surface area contributed by atoms with Gasteiger partial charge >= 0.3 is 5.97 Å². The average Bonchev–Trinajstić information content (AvgIpc) is 2.14. The van der Waals surface area contributed by atoms with Crippen molar-refractivity contribution in [3.05, 3.63) is 0 Å². The van der Waals surface area contributed by atoms with Gasteiger partial charge in [-0.25, -0.2) is 0 Å². The minimum Gasteiger partial charge on any atom is -0.461 e. The van der Waals surface area contributed by atoms with Gasteiger partial charge in [-0.05, 0) is 18.5 Å². The van der Waals surface area contributed by atoms with E-state index >= 15 is 0 Å². The predicted octanol–water partition coefficient (Wildman–Crippen LogP) is 1.59. The van der Waals surface area contributed by atoms with Crippen molar-refractivity contribution in [3.63, 3.8) is 0 Å². The second-order valence-corrected chi connectivity index (χ2v) is 8.03. The molecule has 0 aromatic rings. The van der Waals surface area contributed by atoms with Gasteiger partial charge in [0.25, 0.3) is 0 Å². The molecule has 99 valence electrons. The highest BCUT2D eigenvalue weighted by molar-refractivity contribution is 6.48. The molecule has 0 amide bonds. The summed E-state index contributed by atoms with van der Waals surface area (Å²) in [6.45, 7) is 10.3. The summed E-state index contributed by atoms with van der Waals surface area (Å²) in [6, 6.07) is 0. The Hall–Kier alpha value is -0.393. The van der Waals surface area contributed by atoms with E-state index in [0.717, 1.165) is 0 Å². The van der Waals surface area contributed by atoms with Crippen LogP contribution in [0.2, 0.25) is 13.1 Å². The van der Waals surface area contributed by atoms with Crippen LogP contribution in [0.15, 0.2) is 0 Å². The summed E-state index contributed by atoms with van der Waals surface area (Å²) in [7, 11) is -0.840. The first-order valence-corrected chi connectivity index (χ1v) is 8.44. The molecule has 5 heteroatoms. The summed E-state index contributed by atoms with van der Waals surface area (Å²) in [6.07, 6.45) is -0.366. The molecule has 1 rings (SSSR count). The maximum atomic E-state index is 11.8. The number of aliphatic hydroxyl groups is 1. The van der Waals surface area contributed by atoms with Gasteiger partial charge in [-0.1, -0.05) is 20.8 Å². The fraction of sp³-hybridized carbons (Fsp3) is 0.917. The van der Waals surface area contributed by atoms with Crippen molar-refractivity contribution in [1.29, 1.82) is 0 Å². The lowest BCUT2D eigenvalue weighted by molar-refractivity contribution is -0.180. The molecule has 1 fully saturated rings. The van der Waals surface area contributed by atoms with Crippen molar-refractivity contribution >= 4 is 15.0 Å². The van der Waals surface area contributed by atoms with Gasteiger partial charge < -0.3 is 14.3 Å².